The highest BCUT2D eigenvalue weighted by molar-refractivity contribution is 6.06. The third kappa shape index (κ3) is 3.02. The van der Waals surface area contributed by atoms with E-state index in [1.807, 2.05) is 0 Å². The van der Waals surface area contributed by atoms with E-state index in [1.54, 1.807) is 27.7 Å². The lowest BCUT2D eigenvalue weighted by atomic mass is 10.1. The summed E-state index contributed by atoms with van der Waals surface area (Å²) in [5.41, 5.74) is -1.25. The zero-order chi connectivity index (χ0) is 13.3. The molecule has 0 aromatic rings. The topological polar surface area (TPSA) is 99.7 Å². The van der Waals surface area contributed by atoms with Gasteiger partial charge < -0.3 is 10.6 Å². The van der Waals surface area contributed by atoms with Crippen molar-refractivity contribution in [3.63, 3.8) is 0 Å². The van der Waals surface area contributed by atoms with Crippen molar-refractivity contribution in [2.75, 3.05) is 0 Å². The van der Waals surface area contributed by atoms with Crippen LogP contribution in [0.1, 0.15) is 27.7 Å². The molecule has 94 valence electrons. The zero-order valence-electron chi connectivity index (χ0n) is 10.2. The average Bonchev–Trinajstić information content (AvgIpc) is 2.55. The lowest BCUT2D eigenvalue weighted by molar-refractivity contribution is -0.123. The molecule has 2 rings (SSSR count). The SMILES string of the molecule is CC1(C)N=CNC1=O.CC1(C)NC(=O)NC1=O. The number of imide groups is 1. The van der Waals surface area contributed by atoms with E-state index >= 15 is 0 Å². The zero-order valence-corrected chi connectivity index (χ0v) is 10.2. The standard InChI is InChI=1S/C5H8N2O2.C5H8N2O/c1-5(2)3(8)6-4(9)7-5;1-5(2)4(8)6-3-7-5/h1-2H3,(H2,6,7,8,9);3H,1-2H3,(H,6,7,8). The Balaban J connectivity index is 0.000000171. The number of carbonyl (C=O) groups is 3. The van der Waals surface area contributed by atoms with Gasteiger partial charge in [-0.05, 0) is 27.7 Å². The smallest absolute Gasteiger partial charge is 0.322 e. The van der Waals surface area contributed by atoms with Gasteiger partial charge in [0.25, 0.3) is 11.8 Å². The molecule has 2 aliphatic heterocycles. The van der Waals surface area contributed by atoms with Gasteiger partial charge in [0.05, 0.1) is 6.34 Å². The molecular weight excluding hydrogens is 224 g/mol. The van der Waals surface area contributed by atoms with Crippen molar-refractivity contribution in [2.45, 2.75) is 38.8 Å². The molecule has 17 heavy (non-hydrogen) atoms. The molecule has 0 aliphatic carbocycles. The first kappa shape index (κ1) is 13.1. The van der Waals surface area contributed by atoms with E-state index in [4.69, 9.17) is 0 Å². The van der Waals surface area contributed by atoms with Crippen molar-refractivity contribution in [2.24, 2.45) is 4.99 Å². The molecule has 2 heterocycles. The van der Waals surface area contributed by atoms with E-state index < -0.39 is 17.1 Å². The van der Waals surface area contributed by atoms with Gasteiger partial charge in [-0.1, -0.05) is 0 Å². The first-order valence-corrected chi connectivity index (χ1v) is 5.13. The Morgan fingerprint density at radius 2 is 1.65 bits per heavy atom. The van der Waals surface area contributed by atoms with Crippen molar-refractivity contribution >= 4 is 24.2 Å². The fourth-order valence-corrected chi connectivity index (χ4v) is 1.12. The minimum Gasteiger partial charge on any atom is -0.324 e. The molecule has 1 fully saturated rings. The van der Waals surface area contributed by atoms with Crippen LogP contribution in [0.2, 0.25) is 0 Å². The predicted molar refractivity (Wildman–Crippen MR) is 61.5 cm³/mol. The number of urea groups is 1. The summed E-state index contributed by atoms with van der Waals surface area (Å²) < 4.78 is 0. The van der Waals surface area contributed by atoms with Crippen molar-refractivity contribution in [1.29, 1.82) is 0 Å². The van der Waals surface area contributed by atoms with Gasteiger partial charge in [-0.25, -0.2) is 4.79 Å². The highest BCUT2D eigenvalue weighted by atomic mass is 16.2. The number of amides is 4. The Labute approximate surface area is 99.0 Å². The van der Waals surface area contributed by atoms with Gasteiger partial charge in [0.2, 0.25) is 0 Å². The van der Waals surface area contributed by atoms with Crippen LogP contribution in [0.3, 0.4) is 0 Å². The molecular formula is C10H16N4O3. The summed E-state index contributed by atoms with van der Waals surface area (Å²) in [6.45, 7) is 6.83. The molecule has 2 aliphatic rings. The molecule has 0 aromatic carbocycles. The van der Waals surface area contributed by atoms with Crippen molar-refractivity contribution in [3.05, 3.63) is 0 Å². The van der Waals surface area contributed by atoms with E-state index in [9.17, 15) is 14.4 Å². The molecule has 7 heteroatoms. The molecule has 1 saturated heterocycles. The molecule has 0 aromatic heterocycles. The van der Waals surface area contributed by atoms with Crippen LogP contribution in [0.15, 0.2) is 4.99 Å². The summed E-state index contributed by atoms with van der Waals surface area (Å²) in [6.07, 6.45) is 1.43. The molecule has 0 radical (unpaired) electrons. The van der Waals surface area contributed by atoms with Gasteiger partial charge in [0, 0.05) is 0 Å². The normalized spacial score (nSPS) is 23.4. The highest BCUT2D eigenvalue weighted by Crippen LogP contribution is 2.10. The number of nitrogens with zero attached hydrogens (tertiary/aromatic N) is 1. The summed E-state index contributed by atoms with van der Waals surface area (Å²) >= 11 is 0. The summed E-state index contributed by atoms with van der Waals surface area (Å²) in [6, 6.07) is -0.412. The Kier molecular flexibility index (Phi) is 3.21. The maximum Gasteiger partial charge on any atom is 0.322 e. The van der Waals surface area contributed by atoms with Crippen LogP contribution in [-0.4, -0.2) is 35.3 Å². The van der Waals surface area contributed by atoms with Crippen LogP contribution in [0.5, 0.6) is 0 Å². The number of carbonyl (C=O) groups excluding carboxylic acids is 3. The van der Waals surface area contributed by atoms with Crippen LogP contribution >= 0.6 is 0 Å². The lowest BCUT2D eigenvalue weighted by Crippen LogP contribution is -2.39. The van der Waals surface area contributed by atoms with E-state index in [2.05, 4.69) is 20.9 Å². The van der Waals surface area contributed by atoms with Gasteiger partial charge in [0.1, 0.15) is 11.1 Å². The molecule has 0 spiro atoms. The lowest BCUT2D eigenvalue weighted by Gasteiger charge is -2.11. The first-order valence-electron chi connectivity index (χ1n) is 5.13. The van der Waals surface area contributed by atoms with Gasteiger partial charge in [-0.15, -0.1) is 0 Å². The van der Waals surface area contributed by atoms with E-state index in [0.717, 1.165) is 0 Å². The number of nitrogens with one attached hydrogen (secondary N) is 3. The van der Waals surface area contributed by atoms with Crippen LogP contribution in [0.4, 0.5) is 4.79 Å². The second-order valence-electron chi connectivity index (χ2n) is 4.82. The van der Waals surface area contributed by atoms with Crippen LogP contribution < -0.4 is 16.0 Å². The molecule has 3 N–H and O–H groups in total. The summed E-state index contributed by atoms with van der Waals surface area (Å²) in [5, 5.41) is 7.04. The fraction of sp³-hybridized carbons (Fsp3) is 0.600. The summed E-state index contributed by atoms with van der Waals surface area (Å²) in [7, 11) is 0. The second kappa shape index (κ2) is 4.15. The number of aliphatic imine (C=N–C) groups is 1. The highest BCUT2D eigenvalue weighted by Gasteiger charge is 2.36. The van der Waals surface area contributed by atoms with E-state index in [1.165, 1.54) is 6.34 Å². The van der Waals surface area contributed by atoms with Crippen molar-refractivity contribution in [1.82, 2.24) is 16.0 Å². The summed E-state index contributed by atoms with van der Waals surface area (Å²) in [5.74, 6) is -0.301. The molecule has 0 unspecified atom stereocenters. The molecule has 0 saturated carbocycles. The van der Waals surface area contributed by atoms with Gasteiger partial charge in [-0.3, -0.25) is 19.9 Å². The number of rotatable bonds is 0. The number of hydrogen-bond acceptors (Lipinski definition) is 4. The van der Waals surface area contributed by atoms with Gasteiger partial charge in [0.15, 0.2) is 0 Å². The van der Waals surface area contributed by atoms with Gasteiger partial charge in [-0.2, -0.15) is 0 Å². The van der Waals surface area contributed by atoms with Crippen molar-refractivity contribution < 1.29 is 14.4 Å². The molecule has 7 nitrogen and oxygen atoms in total. The van der Waals surface area contributed by atoms with Crippen molar-refractivity contribution in [3.8, 4) is 0 Å². The van der Waals surface area contributed by atoms with Crippen LogP contribution in [0, 0.1) is 0 Å². The Hall–Kier alpha value is -1.92. The predicted octanol–water partition coefficient (Wildman–Crippen LogP) is -0.472. The Morgan fingerprint density at radius 1 is 1.06 bits per heavy atom. The first-order chi connectivity index (χ1) is 7.65. The largest absolute Gasteiger partial charge is 0.324 e. The quantitative estimate of drug-likeness (QED) is 0.499. The van der Waals surface area contributed by atoms with E-state index in [-0.39, 0.29) is 11.8 Å². The number of hydrogen-bond donors (Lipinski definition) is 3. The Morgan fingerprint density at radius 3 is 1.76 bits per heavy atom. The summed E-state index contributed by atoms with van der Waals surface area (Å²) in [4.78, 5) is 35.7. The average molecular weight is 240 g/mol. The van der Waals surface area contributed by atoms with Crippen LogP contribution in [0.25, 0.3) is 0 Å². The minimum absolute atomic E-state index is 0.0301. The van der Waals surface area contributed by atoms with Crippen LogP contribution in [-0.2, 0) is 9.59 Å². The van der Waals surface area contributed by atoms with Gasteiger partial charge >= 0.3 is 6.03 Å². The second-order valence-corrected chi connectivity index (χ2v) is 4.82. The maximum absolute atomic E-state index is 10.7. The molecule has 0 atom stereocenters. The minimum atomic E-state index is -0.725. The Bertz CT molecular complexity index is 398. The maximum atomic E-state index is 10.7. The monoisotopic (exact) mass is 240 g/mol. The fourth-order valence-electron chi connectivity index (χ4n) is 1.12. The molecule has 4 amide bonds. The molecule has 0 bridgehead atoms. The van der Waals surface area contributed by atoms with E-state index in [0.29, 0.717) is 0 Å². The third-order valence-corrected chi connectivity index (χ3v) is 2.36. The third-order valence-electron chi connectivity index (χ3n) is 2.36.